The van der Waals surface area contributed by atoms with Crippen LogP contribution in [0.2, 0.25) is 0 Å². The standard InChI is InChI=1S/C13H21N5OS/c1-2-5-14-13-17-16-12(20-13)11(19)15-10-8-18-6-3-9(10)4-7-18/h9-10H,2-8H2,1H3,(H,14,17)(H,15,19). The molecule has 7 heteroatoms. The highest BCUT2D eigenvalue weighted by atomic mass is 32.1. The number of rotatable bonds is 5. The van der Waals surface area contributed by atoms with Crippen molar-refractivity contribution >= 4 is 22.4 Å². The van der Waals surface area contributed by atoms with Crippen molar-refractivity contribution in [1.29, 1.82) is 0 Å². The fraction of sp³-hybridized carbons (Fsp3) is 0.769. The van der Waals surface area contributed by atoms with Gasteiger partial charge in [0, 0.05) is 19.1 Å². The zero-order chi connectivity index (χ0) is 13.9. The molecule has 3 saturated heterocycles. The highest BCUT2D eigenvalue weighted by molar-refractivity contribution is 7.17. The smallest absolute Gasteiger partial charge is 0.282 e. The Labute approximate surface area is 123 Å². The minimum Gasteiger partial charge on any atom is -0.360 e. The summed E-state index contributed by atoms with van der Waals surface area (Å²) in [7, 11) is 0. The van der Waals surface area contributed by atoms with Gasteiger partial charge >= 0.3 is 0 Å². The molecule has 1 amide bonds. The molecule has 0 aliphatic carbocycles. The Morgan fingerprint density at radius 3 is 2.85 bits per heavy atom. The summed E-state index contributed by atoms with van der Waals surface area (Å²) in [5.74, 6) is 0.556. The van der Waals surface area contributed by atoms with Gasteiger partial charge in [-0.15, -0.1) is 10.2 Å². The van der Waals surface area contributed by atoms with Crippen LogP contribution < -0.4 is 10.6 Å². The topological polar surface area (TPSA) is 70.1 Å². The molecular weight excluding hydrogens is 274 g/mol. The first-order valence-corrected chi connectivity index (χ1v) is 8.18. The molecule has 20 heavy (non-hydrogen) atoms. The minimum atomic E-state index is -0.0780. The van der Waals surface area contributed by atoms with Crippen molar-refractivity contribution in [3.8, 4) is 0 Å². The lowest BCUT2D eigenvalue weighted by atomic mass is 9.84. The number of hydrogen-bond donors (Lipinski definition) is 2. The molecule has 1 atom stereocenters. The number of anilines is 1. The van der Waals surface area contributed by atoms with Crippen LogP contribution in [0.3, 0.4) is 0 Å². The van der Waals surface area contributed by atoms with Gasteiger partial charge in [-0.05, 0) is 38.3 Å². The zero-order valence-corrected chi connectivity index (χ0v) is 12.6. The van der Waals surface area contributed by atoms with E-state index in [2.05, 4.69) is 32.7 Å². The van der Waals surface area contributed by atoms with Crippen LogP contribution in [-0.2, 0) is 0 Å². The summed E-state index contributed by atoms with van der Waals surface area (Å²) in [6.45, 7) is 6.29. The van der Waals surface area contributed by atoms with Gasteiger partial charge in [-0.1, -0.05) is 18.3 Å². The molecule has 1 aromatic heterocycles. The third-order valence-electron chi connectivity index (χ3n) is 4.12. The summed E-state index contributed by atoms with van der Waals surface area (Å²) < 4.78 is 0. The highest BCUT2D eigenvalue weighted by Gasteiger charge is 2.35. The Hall–Kier alpha value is -1.21. The number of aromatic nitrogens is 2. The van der Waals surface area contributed by atoms with Crippen molar-refractivity contribution in [2.24, 2.45) is 5.92 Å². The van der Waals surface area contributed by atoms with E-state index in [0.29, 0.717) is 10.9 Å². The maximum Gasteiger partial charge on any atom is 0.282 e. The minimum absolute atomic E-state index is 0.0780. The van der Waals surface area contributed by atoms with E-state index >= 15 is 0 Å². The predicted octanol–water partition coefficient (Wildman–Crippen LogP) is 1.18. The quantitative estimate of drug-likeness (QED) is 0.854. The van der Waals surface area contributed by atoms with Gasteiger partial charge in [0.25, 0.3) is 5.91 Å². The van der Waals surface area contributed by atoms with Crippen LogP contribution in [0.5, 0.6) is 0 Å². The molecule has 2 bridgehead atoms. The van der Waals surface area contributed by atoms with Gasteiger partial charge < -0.3 is 15.5 Å². The molecule has 0 saturated carbocycles. The maximum absolute atomic E-state index is 12.2. The number of nitrogens with one attached hydrogen (secondary N) is 2. The van der Waals surface area contributed by atoms with Crippen LogP contribution in [0.4, 0.5) is 5.13 Å². The fourth-order valence-corrected chi connectivity index (χ4v) is 3.65. The van der Waals surface area contributed by atoms with Crippen molar-refractivity contribution in [2.45, 2.75) is 32.2 Å². The van der Waals surface area contributed by atoms with Gasteiger partial charge in [-0.3, -0.25) is 4.79 Å². The molecule has 1 unspecified atom stereocenters. The largest absolute Gasteiger partial charge is 0.360 e. The number of amides is 1. The molecule has 6 nitrogen and oxygen atoms in total. The van der Waals surface area contributed by atoms with Crippen LogP contribution in [0.1, 0.15) is 36.0 Å². The van der Waals surface area contributed by atoms with E-state index in [1.165, 1.54) is 37.3 Å². The lowest BCUT2D eigenvalue weighted by molar-refractivity contribution is 0.0620. The lowest BCUT2D eigenvalue weighted by Gasteiger charge is -2.44. The van der Waals surface area contributed by atoms with Gasteiger partial charge in [-0.25, -0.2) is 0 Å². The molecule has 4 heterocycles. The lowest BCUT2D eigenvalue weighted by Crippen LogP contribution is -2.57. The number of piperidine rings is 3. The molecule has 0 spiro atoms. The Bertz CT molecular complexity index is 469. The van der Waals surface area contributed by atoms with Gasteiger partial charge in [-0.2, -0.15) is 0 Å². The molecule has 0 radical (unpaired) electrons. The van der Waals surface area contributed by atoms with Crippen LogP contribution >= 0.6 is 11.3 Å². The van der Waals surface area contributed by atoms with E-state index < -0.39 is 0 Å². The normalized spacial score (nSPS) is 28.4. The number of carbonyl (C=O) groups is 1. The molecule has 3 fully saturated rings. The molecule has 4 rings (SSSR count). The summed E-state index contributed by atoms with van der Waals surface area (Å²) >= 11 is 1.33. The van der Waals surface area contributed by atoms with E-state index in [1.54, 1.807) is 0 Å². The summed E-state index contributed by atoms with van der Waals surface area (Å²) in [5, 5.41) is 15.5. The SMILES string of the molecule is CCCNc1nnc(C(=O)NC2CN3CCC2CC3)s1. The van der Waals surface area contributed by atoms with Crippen LogP contribution in [0.25, 0.3) is 0 Å². The fourth-order valence-electron chi connectivity index (χ4n) is 2.98. The second-order valence-electron chi connectivity index (χ2n) is 5.56. The average molecular weight is 295 g/mol. The van der Waals surface area contributed by atoms with E-state index in [4.69, 9.17) is 0 Å². The number of fused-ring (bicyclic) bond motifs is 3. The summed E-state index contributed by atoms with van der Waals surface area (Å²) in [6.07, 6.45) is 3.43. The zero-order valence-electron chi connectivity index (χ0n) is 11.8. The summed E-state index contributed by atoms with van der Waals surface area (Å²) in [5.41, 5.74) is 0. The van der Waals surface area contributed by atoms with E-state index in [0.717, 1.165) is 24.6 Å². The van der Waals surface area contributed by atoms with Crippen molar-refractivity contribution < 1.29 is 4.79 Å². The maximum atomic E-state index is 12.2. The Balaban J connectivity index is 1.57. The van der Waals surface area contributed by atoms with Gasteiger partial charge in [0.05, 0.1) is 0 Å². The number of carbonyl (C=O) groups excluding carboxylic acids is 1. The van der Waals surface area contributed by atoms with Crippen molar-refractivity contribution in [3.63, 3.8) is 0 Å². The van der Waals surface area contributed by atoms with Gasteiger partial charge in [0.1, 0.15) is 0 Å². The third kappa shape index (κ3) is 2.93. The van der Waals surface area contributed by atoms with Crippen molar-refractivity contribution in [3.05, 3.63) is 5.01 Å². The van der Waals surface area contributed by atoms with E-state index in [1.807, 2.05) is 0 Å². The predicted molar refractivity (Wildman–Crippen MR) is 79.1 cm³/mol. The molecule has 3 aliphatic rings. The van der Waals surface area contributed by atoms with Crippen molar-refractivity contribution in [2.75, 3.05) is 31.5 Å². The Morgan fingerprint density at radius 1 is 1.40 bits per heavy atom. The molecular formula is C13H21N5OS. The number of nitrogens with zero attached hydrogens (tertiary/aromatic N) is 3. The molecule has 2 N–H and O–H groups in total. The molecule has 1 aromatic rings. The Morgan fingerprint density at radius 2 is 2.20 bits per heavy atom. The van der Waals surface area contributed by atoms with Gasteiger partial charge in [0.2, 0.25) is 10.1 Å². The monoisotopic (exact) mass is 295 g/mol. The molecule has 3 aliphatic heterocycles. The molecule has 0 aromatic carbocycles. The second kappa shape index (κ2) is 6.05. The van der Waals surface area contributed by atoms with Crippen LogP contribution in [-0.4, -0.2) is 53.2 Å². The van der Waals surface area contributed by atoms with E-state index in [-0.39, 0.29) is 11.9 Å². The third-order valence-corrected chi connectivity index (χ3v) is 5.00. The van der Waals surface area contributed by atoms with Crippen LogP contribution in [0, 0.1) is 5.92 Å². The average Bonchev–Trinajstić information content (AvgIpc) is 2.95. The first-order valence-electron chi connectivity index (χ1n) is 7.37. The second-order valence-corrected chi connectivity index (χ2v) is 6.53. The first kappa shape index (κ1) is 13.8. The molecule has 110 valence electrons. The first-order chi connectivity index (χ1) is 9.76. The van der Waals surface area contributed by atoms with Gasteiger partial charge in [0.15, 0.2) is 0 Å². The summed E-state index contributed by atoms with van der Waals surface area (Å²) in [4.78, 5) is 14.7. The van der Waals surface area contributed by atoms with Crippen LogP contribution in [0.15, 0.2) is 0 Å². The van der Waals surface area contributed by atoms with E-state index in [9.17, 15) is 4.79 Å². The summed E-state index contributed by atoms with van der Waals surface area (Å²) in [6, 6.07) is 0.279. The highest BCUT2D eigenvalue weighted by Crippen LogP contribution is 2.27. The van der Waals surface area contributed by atoms with Crippen molar-refractivity contribution in [1.82, 2.24) is 20.4 Å². The number of hydrogen-bond acceptors (Lipinski definition) is 6. The Kier molecular flexibility index (Phi) is 4.16.